The Morgan fingerprint density at radius 2 is 1.84 bits per heavy atom. The highest BCUT2D eigenvalue weighted by molar-refractivity contribution is 7.92. The van der Waals surface area contributed by atoms with Crippen LogP contribution in [0.25, 0.3) is 11.4 Å². The maximum Gasteiger partial charge on any atom is 0.316 e. The number of morpholine rings is 1. The van der Waals surface area contributed by atoms with E-state index >= 15 is 0 Å². The second kappa shape index (κ2) is 8.44. The van der Waals surface area contributed by atoms with Crippen LogP contribution in [0.3, 0.4) is 0 Å². The number of rotatable bonds is 5. The lowest BCUT2D eigenvalue weighted by molar-refractivity contribution is 0.0272. The van der Waals surface area contributed by atoms with Crippen molar-refractivity contribution in [2.75, 3.05) is 31.0 Å². The van der Waals surface area contributed by atoms with Crippen LogP contribution in [0.15, 0.2) is 51.9 Å². The molecule has 1 aliphatic heterocycles. The number of benzene rings is 2. The Morgan fingerprint density at radius 1 is 1.13 bits per heavy atom. The summed E-state index contributed by atoms with van der Waals surface area (Å²) in [5, 5.41) is 3.83. The van der Waals surface area contributed by atoms with Gasteiger partial charge in [0.15, 0.2) is 0 Å². The quantitative estimate of drug-likeness (QED) is 0.640. The number of ether oxygens (including phenoxy) is 1. The van der Waals surface area contributed by atoms with E-state index in [-0.39, 0.29) is 22.3 Å². The number of aromatic nitrogens is 2. The number of hydrogen-bond donors (Lipinski definition) is 1. The van der Waals surface area contributed by atoms with Gasteiger partial charge in [0.2, 0.25) is 5.82 Å². The molecule has 1 fully saturated rings. The zero-order valence-corrected chi connectivity index (χ0v) is 17.4. The number of anilines is 1. The Hall–Kier alpha value is -3.31. The van der Waals surface area contributed by atoms with Crippen molar-refractivity contribution in [3.8, 4) is 11.4 Å². The molecule has 2 aromatic carbocycles. The van der Waals surface area contributed by atoms with E-state index in [1.165, 1.54) is 18.2 Å². The van der Waals surface area contributed by atoms with Crippen LogP contribution in [0.1, 0.15) is 16.2 Å². The molecule has 0 atom stereocenters. The molecule has 0 spiro atoms. The van der Waals surface area contributed by atoms with Gasteiger partial charge in [0.1, 0.15) is 5.82 Å². The van der Waals surface area contributed by atoms with Crippen molar-refractivity contribution in [2.24, 2.45) is 0 Å². The molecule has 0 unspecified atom stereocenters. The molecule has 1 N–H and O–H groups in total. The van der Waals surface area contributed by atoms with Gasteiger partial charge in [-0.05, 0) is 42.8 Å². The highest BCUT2D eigenvalue weighted by atomic mass is 32.2. The second-order valence-corrected chi connectivity index (χ2v) is 8.57. The molecule has 4 rings (SSSR count). The number of carbonyl (C=O) groups excluding carboxylic acids is 1. The molecule has 0 aliphatic carbocycles. The number of aryl methyl sites for hydroxylation is 1. The fourth-order valence-electron chi connectivity index (χ4n) is 3.09. The fourth-order valence-corrected chi connectivity index (χ4v) is 4.42. The zero-order valence-electron chi connectivity index (χ0n) is 16.5. The van der Waals surface area contributed by atoms with Crippen LogP contribution in [0.4, 0.5) is 10.1 Å². The van der Waals surface area contributed by atoms with Crippen molar-refractivity contribution in [3.63, 3.8) is 0 Å². The minimum absolute atomic E-state index is 0.000167. The van der Waals surface area contributed by atoms with Crippen molar-refractivity contribution in [2.45, 2.75) is 11.8 Å². The third-order valence-electron chi connectivity index (χ3n) is 4.74. The van der Waals surface area contributed by atoms with Gasteiger partial charge in [0.05, 0.1) is 18.1 Å². The number of carbonyl (C=O) groups is 1. The molecule has 31 heavy (non-hydrogen) atoms. The summed E-state index contributed by atoms with van der Waals surface area (Å²) in [7, 11) is -3.96. The molecule has 3 aromatic rings. The average Bonchev–Trinajstić information content (AvgIpc) is 3.26. The largest absolute Gasteiger partial charge is 0.378 e. The first-order valence-corrected chi connectivity index (χ1v) is 10.9. The third-order valence-corrected chi connectivity index (χ3v) is 6.26. The van der Waals surface area contributed by atoms with Crippen molar-refractivity contribution >= 4 is 21.6 Å². The van der Waals surface area contributed by atoms with Crippen LogP contribution in [-0.2, 0) is 14.8 Å². The van der Waals surface area contributed by atoms with Gasteiger partial charge in [-0.2, -0.15) is 4.98 Å². The monoisotopic (exact) mass is 446 g/mol. The van der Waals surface area contributed by atoms with Gasteiger partial charge >= 0.3 is 11.8 Å². The van der Waals surface area contributed by atoms with Gasteiger partial charge in [-0.1, -0.05) is 17.3 Å². The van der Waals surface area contributed by atoms with Crippen LogP contribution >= 0.6 is 0 Å². The molecular formula is C20H19FN4O5S. The summed E-state index contributed by atoms with van der Waals surface area (Å²) >= 11 is 0. The number of nitrogens with zero attached hydrogens (tertiary/aromatic N) is 3. The standard InChI is InChI=1S/C20H19FN4O5S/c1-13-2-3-14(12-17(13)31(27,28)24-16-6-4-15(21)5-7-16)18-22-19(30-23-18)20(26)25-8-10-29-11-9-25/h2-7,12,24H,8-11H2,1H3. The summed E-state index contributed by atoms with van der Waals surface area (Å²) in [6.45, 7) is 3.38. The lowest BCUT2D eigenvalue weighted by Crippen LogP contribution is -2.40. The molecule has 9 nitrogen and oxygen atoms in total. The highest BCUT2D eigenvalue weighted by Crippen LogP contribution is 2.25. The van der Waals surface area contributed by atoms with Crippen LogP contribution in [-0.4, -0.2) is 55.7 Å². The van der Waals surface area contributed by atoms with E-state index in [0.29, 0.717) is 37.4 Å². The smallest absolute Gasteiger partial charge is 0.316 e. The zero-order chi connectivity index (χ0) is 22.0. The van der Waals surface area contributed by atoms with E-state index in [0.717, 1.165) is 12.1 Å². The van der Waals surface area contributed by atoms with Gasteiger partial charge in [-0.25, -0.2) is 12.8 Å². The molecule has 2 heterocycles. The SMILES string of the molecule is Cc1ccc(-c2noc(C(=O)N3CCOCC3)n2)cc1S(=O)(=O)Nc1ccc(F)cc1. The van der Waals surface area contributed by atoms with Crippen LogP contribution in [0.2, 0.25) is 0 Å². The van der Waals surface area contributed by atoms with Crippen molar-refractivity contribution in [3.05, 3.63) is 59.7 Å². The Labute approximate surface area is 177 Å². The molecular weight excluding hydrogens is 427 g/mol. The van der Waals surface area contributed by atoms with Gasteiger partial charge < -0.3 is 14.2 Å². The summed E-state index contributed by atoms with van der Waals surface area (Å²) in [5.41, 5.74) is 1.09. The number of amides is 1. The first-order valence-electron chi connectivity index (χ1n) is 9.44. The van der Waals surface area contributed by atoms with Crippen LogP contribution in [0, 0.1) is 12.7 Å². The molecule has 1 amide bonds. The van der Waals surface area contributed by atoms with Crippen LogP contribution < -0.4 is 4.72 Å². The van der Waals surface area contributed by atoms with Crippen molar-refractivity contribution in [1.29, 1.82) is 0 Å². The molecule has 0 radical (unpaired) electrons. The van der Waals surface area contributed by atoms with Gasteiger partial charge in [-0.15, -0.1) is 0 Å². The molecule has 0 bridgehead atoms. The maximum absolute atomic E-state index is 13.1. The lowest BCUT2D eigenvalue weighted by atomic mass is 10.1. The van der Waals surface area contributed by atoms with Crippen LogP contribution in [0.5, 0.6) is 0 Å². The summed E-state index contributed by atoms with van der Waals surface area (Å²) in [6, 6.07) is 9.62. The van der Waals surface area contributed by atoms with Gasteiger partial charge in [0, 0.05) is 24.3 Å². The Bertz CT molecular complexity index is 1200. The van der Waals surface area contributed by atoms with Crippen molar-refractivity contribution < 1.29 is 26.9 Å². The maximum atomic E-state index is 13.1. The number of nitrogens with one attached hydrogen (secondary N) is 1. The highest BCUT2D eigenvalue weighted by Gasteiger charge is 2.25. The Kier molecular flexibility index (Phi) is 5.70. The summed E-state index contributed by atoms with van der Waals surface area (Å²) < 4.78 is 51.6. The van der Waals surface area contributed by atoms with Gasteiger partial charge in [0.25, 0.3) is 10.0 Å². The Morgan fingerprint density at radius 3 is 2.55 bits per heavy atom. The van der Waals surface area contributed by atoms with E-state index < -0.39 is 21.7 Å². The first kappa shape index (κ1) is 20.9. The minimum atomic E-state index is -3.96. The Balaban J connectivity index is 1.60. The fraction of sp³-hybridized carbons (Fsp3) is 0.250. The number of hydrogen-bond acceptors (Lipinski definition) is 7. The molecule has 162 valence electrons. The average molecular weight is 446 g/mol. The predicted octanol–water partition coefficient (Wildman–Crippen LogP) is 2.46. The number of sulfonamides is 1. The molecule has 11 heteroatoms. The lowest BCUT2D eigenvalue weighted by Gasteiger charge is -2.25. The summed E-state index contributed by atoms with van der Waals surface area (Å²) in [6.07, 6.45) is 0. The van der Waals surface area contributed by atoms with E-state index in [1.54, 1.807) is 24.0 Å². The first-order chi connectivity index (χ1) is 14.8. The topological polar surface area (TPSA) is 115 Å². The van der Waals surface area contributed by atoms with E-state index in [9.17, 15) is 17.6 Å². The molecule has 1 aliphatic rings. The summed E-state index contributed by atoms with van der Waals surface area (Å²) in [4.78, 5) is 18.2. The predicted molar refractivity (Wildman–Crippen MR) is 108 cm³/mol. The molecule has 1 aromatic heterocycles. The van der Waals surface area contributed by atoms with Gasteiger partial charge in [-0.3, -0.25) is 9.52 Å². The molecule has 0 saturated carbocycles. The minimum Gasteiger partial charge on any atom is -0.378 e. The summed E-state index contributed by atoms with van der Waals surface area (Å²) in [5.74, 6) is -0.957. The van der Waals surface area contributed by atoms with E-state index in [2.05, 4.69) is 14.9 Å². The van der Waals surface area contributed by atoms with E-state index in [4.69, 9.17) is 9.26 Å². The number of halogens is 1. The second-order valence-electron chi connectivity index (χ2n) is 6.92. The molecule has 1 saturated heterocycles. The normalized spacial score (nSPS) is 14.5. The van der Waals surface area contributed by atoms with E-state index in [1.807, 2.05) is 0 Å². The third kappa shape index (κ3) is 4.57. The van der Waals surface area contributed by atoms with Crippen molar-refractivity contribution in [1.82, 2.24) is 15.0 Å².